The zero-order valence-electron chi connectivity index (χ0n) is 13.7. The van der Waals surface area contributed by atoms with Crippen molar-refractivity contribution in [2.45, 2.75) is 12.5 Å². The number of carbonyl (C=O) groups is 2. The third kappa shape index (κ3) is 4.26. The lowest BCUT2D eigenvalue weighted by Gasteiger charge is -2.39. The first-order valence-corrected chi connectivity index (χ1v) is 8.09. The molecule has 1 amide bonds. The Labute approximate surface area is 146 Å². The molecule has 1 aliphatic rings. The molecule has 5 nitrogen and oxygen atoms in total. The molecule has 5 heteroatoms. The number of rotatable bonds is 5. The van der Waals surface area contributed by atoms with Gasteiger partial charge in [0.1, 0.15) is 6.61 Å². The van der Waals surface area contributed by atoms with Crippen molar-refractivity contribution >= 4 is 18.1 Å². The predicted molar refractivity (Wildman–Crippen MR) is 94.1 cm³/mol. The van der Waals surface area contributed by atoms with E-state index in [2.05, 4.69) is 0 Å². The van der Waals surface area contributed by atoms with E-state index in [1.54, 1.807) is 11.0 Å². The van der Waals surface area contributed by atoms with Gasteiger partial charge in [-0.2, -0.15) is 0 Å². The van der Waals surface area contributed by atoms with Crippen LogP contribution in [0.3, 0.4) is 0 Å². The maximum absolute atomic E-state index is 12.1. The molecule has 0 spiro atoms. The van der Waals surface area contributed by atoms with E-state index in [4.69, 9.17) is 9.84 Å². The Kier molecular flexibility index (Phi) is 5.14. The zero-order valence-corrected chi connectivity index (χ0v) is 13.7. The Balaban J connectivity index is 1.55. The van der Waals surface area contributed by atoms with Crippen LogP contribution in [0.25, 0.3) is 6.08 Å². The second-order valence-corrected chi connectivity index (χ2v) is 5.94. The summed E-state index contributed by atoms with van der Waals surface area (Å²) in [5.74, 6) is -0.784. The number of nitrogens with zero attached hydrogens (tertiary/aromatic N) is 1. The van der Waals surface area contributed by atoms with Gasteiger partial charge in [0.15, 0.2) is 0 Å². The van der Waals surface area contributed by atoms with Crippen molar-refractivity contribution in [1.82, 2.24) is 4.90 Å². The van der Waals surface area contributed by atoms with Gasteiger partial charge in [0, 0.05) is 25.1 Å². The molecule has 1 saturated heterocycles. The summed E-state index contributed by atoms with van der Waals surface area (Å²) in [4.78, 5) is 24.5. The lowest BCUT2D eigenvalue weighted by molar-refractivity contribution is -0.131. The summed E-state index contributed by atoms with van der Waals surface area (Å²) >= 11 is 0. The van der Waals surface area contributed by atoms with Crippen molar-refractivity contribution < 1.29 is 19.4 Å². The summed E-state index contributed by atoms with van der Waals surface area (Å²) in [5, 5.41) is 8.79. The van der Waals surface area contributed by atoms with Crippen LogP contribution in [0.4, 0.5) is 4.79 Å². The molecule has 1 fully saturated rings. The average molecular weight is 337 g/mol. The van der Waals surface area contributed by atoms with E-state index >= 15 is 0 Å². The highest BCUT2D eigenvalue weighted by Crippen LogP contribution is 2.30. The van der Waals surface area contributed by atoms with E-state index in [0.29, 0.717) is 13.1 Å². The molecular formula is C20H19NO4. The zero-order chi connectivity index (χ0) is 17.6. The number of hydrogen-bond acceptors (Lipinski definition) is 3. The summed E-state index contributed by atoms with van der Waals surface area (Å²) in [5.41, 5.74) is 2.87. The molecule has 128 valence electrons. The van der Waals surface area contributed by atoms with Gasteiger partial charge in [0.05, 0.1) is 0 Å². The number of amides is 1. The summed E-state index contributed by atoms with van der Waals surface area (Å²) in [6, 6.07) is 17.2. The Bertz CT molecular complexity index is 779. The first kappa shape index (κ1) is 16.8. The Morgan fingerprint density at radius 1 is 1.08 bits per heavy atom. The molecule has 0 saturated carbocycles. The summed E-state index contributed by atoms with van der Waals surface area (Å²) in [6.45, 7) is 1.41. The number of aliphatic carboxylic acids is 1. The number of hydrogen-bond donors (Lipinski definition) is 1. The normalized spacial score (nSPS) is 14.3. The molecule has 0 radical (unpaired) electrons. The lowest BCUT2D eigenvalue weighted by atomic mass is 9.88. The van der Waals surface area contributed by atoms with Crippen LogP contribution in [0.5, 0.6) is 0 Å². The van der Waals surface area contributed by atoms with Gasteiger partial charge in [-0.25, -0.2) is 9.59 Å². The van der Waals surface area contributed by atoms with Gasteiger partial charge >= 0.3 is 12.1 Å². The first-order chi connectivity index (χ1) is 12.1. The standard InChI is InChI=1S/C20H19NO4/c22-19(23)11-10-16-8-4-5-9-18(16)17-12-21(13-17)20(24)25-14-15-6-2-1-3-7-15/h1-11,17H,12-14H2,(H,22,23)/b11-10+. The number of carbonyl (C=O) groups excluding carboxylic acids is 1. The smallest absolute Gasteiger partial charge is 0.410 e. The second kappa shape index (κ2) is 7.66. The maximum Gasteiger partial charge on any atom is 0.410 e. The van der Waals surface area contributed by atoms with E-state index in [1.165, 1.54) is 0 Å². The maximum atomic E-state index is 12.1. The molecule has 0 aromatic heterocycles. The molecule has 25 heavy (non-hydrogen) atoms. The molecule has 1 heterocycles. The van der Waals surface area contributed by atoms with Gasteiger partial charge in [-0.05, 0) is 22.8 Å². The Morgan fingerprint density at radius 3 is 2.48 bits per heavy atom. The highest BCUT2D eigenvalue weighted by atomic mass is 16.6. The predicted octanol–water partition coefficient (Wildman–Crippen LogP) is 3.52. The SMILES string of the molecule is O=C(O)/C=C/c1ccccc1C1CN(C(=O)OCc2ccccc2)C1. The van der Waals surface area contributed by atoms with Gasteiger partial charge in [-0.1, -0.05) is 54.6 Å². The van der Waals surface area contributed by atoms with Crippen molar-refractivity contribution in [2.24, 2.45) is 0 Å². The molecule has 0 aliphatic carbocycles. The van der Waals surface area contributed by atoms with Gasteiger partial charge in [-0.3, -0.25) is 0 Å². The molecule has 2 aromatic rings. The average Bonchev–Trinajstić information content (AvgIpc) is 2.58. The number of carboxylic acids is 1. The van der Waals surface area contributed by atoms with E-state index < -0.39 is 5.97 Å². The van der Waals surface area contributed by atoms with Crippen LogP contribution < -0.4 is 0 Å². The Hall–Kier alpha value is -3.08. The number of benzene rings is 2. The molecule has 1 aliphatic heterocycles. The summed E-state index contributed by atoms with van der Waals surface area (Å²) in [6.07, 6.45) is 2.40. The highest BCUT2D eigenvalue weighted by Gasteiger charge is 2.33. The highest BCUT2D eigenvalue weighted by molar-refractivity contribution is 5.85. The largest absolute Gasteiger partial charge is 0.478 e. The monoisotopic (exact) mass is 337 g/mol. The van der Waals surface area contributed by atoms with Gasteiger partial charge < -0.3 is 14.7 Å². The molecule has 2 aromatic carbocycles. The van der Waals surface area contributed by atoms with Crippen molar-refractivity contribution in [1.29, 1.82) is 0 Å². The number of ether oxygens (including phenoxy) is 1. The van der Waals surface area contributed by atoms with Crippen LogP contribution in [0.15, 0.2) is 60.7 Å². The molecule has 1 N–H and O–H groups in total. The topological polar surface area (TPSA) is 66.8 Å². The van der Waals surface area contributed by atoms with E-state index in [9.17, 15) is 9.59 Å². The fraction of sp³-hybridized carbons (Fsp3) is 0.200. The number of likely N-dealkylation sites (tertiary alicyclic amines) is 1. The van der Waals surface area contributed by atoms with E-state index in [-0.39, 0.29) is 18.6 Å². The summed E-state index contributed by atoms with van der Waals surface area (Å²) in [7, 11) is 0. The molecule has 0 bridgehead atoms. The van der Waals surface area contributed by atoms with Crippen molar-refractivity contribution in [3.8, 4) is 0 Å². The molecule has 0 unspecified atom stereocenters. The minimum atomic E-state index is -0.977. The third-order valence-electron chi connectivity index (χ3n) is 4.19. The van der Waals surface area contributed by atoms with Crippen LogP contribution in [-0.2, 0) is 16.1 Å². The van der Waals surface area contributed by atoms with Crippen molar-refractivity contribution in [3.05, 3.63) is 77.4 Å². The Morgan fingerprint density at radius 2 is 1.76 bits per heavy atom. The van der Waals surface area contributed by atoms with Gasteiger partial charge in [0.2, 0.25) is 0 Å². The first-order valence-electron chi connectivity index (χ1n) is 8.09. The molecule has 0 atom stereocenters. The van der Waals surface area contributed by atoms with E-state index in [1.807, 2.05) is 54.6 Å². The van der Waals surface area contributed by atoms with Gasteiger partial charge in [-0.15, -0.1) is 0 Å². The van der Waals surface area contributed by atoms with Crippen molar-refractivity contribution in [2.75, 3.05) is 13.1 Å². The van der Waals surface area contributed by atoms with Crippen LogP contribution in [0, 0.1) is 0 Å². The molecule has 3 rings (SSSR count). The van der Waals surface area contributed by atoms with Gasteiger partial charge in [0.25, 0.3) is 0 Å². The van der Waals surface area contributed by atoms with Crippen molar-refractivity contribution in [3.63, 3.8) is 0 Å². The van der Waals surface area contributed by atoms with Crippen LogP contribution in [0.1, 0.15) is 22.6 Å². The van der Waals surface area contributed by atoms with Crippen LogP contribution >= 0.6 is 0 Å². The van der Waals surface area contributed by atoms with Crippen LogP contribution in [0.2, 0.25) is 0 Å². The number of carboxylic acid groups (broad SMARTS) is 1. The third-order valence-corrected chi connectivity index (χ3v) is 4.19. The van der Waals surface area contributed by atoms with Crippen LogP contribution in [-0.4, -0.2) is 35.2 Å². The summed E-state index contributed by atoms with van der Waals surface area (Å²) < 4.78 is 5.32. The second-order valence-electron chi connectivity index (χ2n) is 5.94. The lowest BCUT2D eigenvalue weighted by Crippen LogP contribution is -2.48. The van der Waals surface area contributed by atoms with E-state index in [0.717, 1.165) is 22.8 Å². The fourth-order valence-corrected chi connectivity index (χ4v) is 2.83. The minimum absolute atomic E-state index is 0.193. The minimum Gasteiger partial charge on any atom is -0.478 e. The fourth-order valence-electron chi connectivity index (χ4n) is 2.83. The quantitative estimate of drug-likeness (QED) is 0.848. The molecular weight excluding hydrogens is 318 g/mol.